The number of esters is 1. The molecule has 5 rings (SSSR count). The molecule has 10 atom stereocenters. The van der Waals surface area contributed by atoms with Gasteiger partial charge in [-0.2, -0.15) is 19.0 Å². The number of unbranched alkanes of at least 4 members (excludes halogenated alkanes) is 2. The molecule has 0 aromatic heterocycles. The molecular formula is C71H110F5N11O31P2. The first-order chi connectivity index (χ1) is 57.4. The molecule has 49 heteroatoms. The van der Waals surface area contributed by atoms with Crippen molar-refractivity contribution in [3.63, 3.8) is 0 Å². The quantitative estimate of drug-likeness (QED) is 0.00564. The van der Waals surface area contributed by atoms with Crippen molar-refractivity contribution in [2.45, 2.75) is 119 Å². The fourth-order valence-corrected chi connectivity index (χ4v) is 12.0. The van der Waals surface area contributed by atoms with Gasteiger partial charge >= 0.3 is 33.2 Å². The SMILES string of the molecule is N=N/C(=C\NCCOCCOCCOCCN(CCOCCOCCOCCN/C=C(/CCCCNC(=O)Nc1ccc(O[C@H]2O[C@H](CCP(=O)(O)O)[C@@H](O)[C@H](O)[C@@H]2O)c(O)c1)N=N)CCOCCOCCOCCC(=O)Oc1c(F)c(F)c(F)c(F)c1F)CCCCNC(=O)Nc1ccc(O[C@H]2O[C@H](CCP(=O)(O)O)[C@@H](O)[C@H](O)[C@@H]2O)c(O)c1. The van der Waals surface area contributed by atoms with Gasteiger partial charge in [-0.05, 0) is 75.6 Å². The first-order valence-electron chi connectivity index (χ1n) is 38.2. The van der Waals surface area contributed by atoms with Gasteiger partial charge in [0.25, 0.3) is 0 Å². The molecule has 0 bridgehead atoms. The van der Waals surface area contributed by atoms with E-state index in [0.29, 0.717) is 169 Å². The number of aliphatic hydroxyl groups is 6. The van der Waals surface area contributed by atoms with Crippen LogP contribution in [0, 0.1) is 40.1 Å². The van der Waals surface area contributed by atoms with E-state index in [1.54, 1.807) is 12.4 Å². The standard InChI is InChI=1S/C71H110F5N11O31P2/c72-56-57(73)59(75)67(60(76)58(56)74)118-55(90)11-21-105-27-33-111-36-30-108-24-18-87(19-25-109-31-37-112-34-28-106-22-16-79-43-47(85-77)5-1-3-14-81-70(97)83-45-7-9-51(49(88)41-45)114-68-65(95)63(93)61(91)53(116-68)12-39-119(99,100)101)20-26-110-32-38-113-35-29-107-23-17-80-44-48(86-78)6-2-4-15-82-71(98)84-46-8-10-52(50(89)42-46)115-69-66(96)64(94)62(92)54(117-69)13-40-120(102,103)104/h7-10,41-44,53-54,61-66,68-69,77-80,88-89,91-96H,1-6,11-40H2,(H2,81,83,97)(H2,82,84,98)(H2,99,100,101)(H2,102,103,104)/b47-43-,48-44-,85-77?,86-78?/t53-,54-,61-,62-,63+,64+,65+,66+,68+,69+/m1/s1. The lowest BCUT2D eigenvalue weighted by Gasteiger charge is -2.40. The summed E-state index contributed by atoms with van der Waals surface area (Å²) in [5.41, 5.74) is 16.3. The lowest BCUT2D eigenvalue weighted by molar-refractivity contribution is -0.272. The van der Waals surface area contributed by atoms with E-state index in [9.17, 15) is 106 Å². The number of urea groups is 2. The van der Waals surface area contributed by atoms with Gasteiger partial charge in [0.05, 0.1) is 161 Å². The highest BCUT2D eigenvalue weighted by Gasteiger charge is 2.47. The highest BCUT2D eigenvalue weighted by atomic mass is 31.2. The highest BCUT2D eigenvalue weighted by Crippen LogP contribution is 2.41. The third-order valence-electron chi connectivity index (χ3n) is 17.3. The minimum atomic E-state index is -4.48. The first kappa shape index (κ1) is 103. The van der Waals surface area contributed by atoms with E-state index >= 15 is 0 Å². The van der Waals surface area contributed by atoms with Crippen LogP contribution in [0.1, 0.15) is 57.8 Å². The first-order valence-corrected chi connectivity index (χ1v) is 41.8. The number of nitrogens with zero attached hydrogens (tertiary/aromatic N) is 3. The van der Waals surface area contributed by atoms with Gasteiger partial charge in [0.2, 0.25) is 47.4 Å². The molecule has 0 unspecified atom stereocenters. The smallest absolute Gasteiger partial charge is 0.325 e. The number of carbonyl (C=O) groups is 3. The molecular weight excluding hydrogens is 1660 g/mol. The summed E-state index contributed by atoms with van der Waals surface area (Å²) in [6.45, 7) is 7.17. The Morgan fingerprint density at radius 2 is 0.792 bits per heavy atom. The summed E-state index contributed by atoms with van der Waals surface area (Å²) < 4.78 is 167. The van der Waals surface area contributed by atoms with Crippen LogP contribution in [0.4, 0.5) is 42.9 Å². The summed E-state index contributed by atoms with van der Waals surface area (Å²) in [6.07, 6.45) is -12.7. The molecule has 42 nitrogen and oxygen atoms in total. The number of benzene rings is 3. The molecule has 2 aliphatic heterocycles. The number of hydrogen-bond acceptors (Lipinski definition) is 34. The van der Waals surface area contributed by atoms with Crippen LogP contribution in [0.25, 0.3) is 0 Å². The summed E-state index contributed by atoms with van der Waals surface area (Å²) in [7, 11) is -8.95. The monoisotopic (exact) mass is 1770 g/mol. The molecule has 2 heterocycles. The number of phenolic OH excluding ortho intramolecular Hbond substituents is 2. The number of carbonyl (C=O) groups excluding carboxylic acids is 3. The van der Waals surface area contributed by atoms with Crippen LogP contribution in [0.3, 0.4) is 0 Å². The zero-order valence-corrected chi connectivity index (χ0v) is 67.4. The number of aromatic hydroxyl groups is 2. The Hall–Kier alpha value is -7.62. The molecule has 20 N–H and O–H groups in total. The lowest BCUT2D eigenvalue weighted by Crippen LogP contribution is -2.59. The molecule has 4 amide bonds. The van der Waals surface area contributed by atoms with Crippen molar-refractivity contribution in [2.75, 3.05) is 188 Å². The van der Waals surface area contributed by atoms with Crippen LogP contribution in [-0.2, 0) is 66.0 Å². The van der Waals surface area contributed by atoms with E-state index in [0.717, 1.165) is 12.1 Å². The van der Waals surface area contributed by atoms with Crippen molar-refractivity contribution in [3.05, 3.63) is 89.3 Å². The molecule has 120 heavy (non-hydrogen) atoms. The van der Waals surface area contributed by atoms with E-state index in [4.69, 9.17) is 72.6 Å². The number of halogens is 5. The summed E-state index contributed by atoms with van der Waals surface area (Å²) in [5, 5.41) is 107. The number of phenols is 2. The molecule has 0 spiro atoms. The Balaban J connectivity index is 0.885. The fourth-order valence-electron chi connectivity index (χ4n) is 10.9. The number of hydrogen-bond donors (Lipinski definition) is 20. The van der Waals surface area contributed by atoms with Crippen LogP contribution in [0.5, 0.6) is 28.7 Å². The van der Waals surface area contributed by atoms with Crippen molar-refractivity contribution in [3.8, 4) is 28.7 Å². The van der Waals surface area contributed by atoms with Crippen LogP contribution < -0.4 is 46.1 Å². The Labute approximate surface area is 686 Å². The van der Waals surface area contributed by atoms with Crippen molar-refractivity contribution in [1.29, 1.82) is 11.1 Å². The third-order valence-corrected chi connectivity index (χ3v) is 19.0. The predicted octanol–water partition coefficient (Wildman–Crippen LogP) is 2.96. The van der Waals surface area contributed by atoms with Gasteiger partial charge in [-0.1, -0.05) is 0 Å². The molecule has 3 aromatic carbocycles. The van der Waals surface area contributed by atoms with Crippen LogP contribution in [0.15, 0.2) is 70.4 Å². The fraction of sp³-hybridized carbons (Fsp3) is 0.648. The van der Waals surface area contributed by atoms with Gasteiger partial charge in [0, 0.05) is 81.7 Å². The maximum Gasteiger partial charge on any atom is 0.325 e. The van der Waals surface area contributed by atoms with Gasteiger partial charge in [-0.15, -0.1) is 0 Å². The Bertz CT molecular complexity index is 3520. The zero-order chi connectivity index (χ0) is 87.8. The average molecular weight is 1770 g/mol. The number of aliphatic hydroxyl groups excluding tert-OH is 6. The number of rotatable bonds is 63. The molecule has 3 aromatic rings. The molecule has 2 saturated heterocycles. The lowest BCUT2D eigenvalue weighted by atomic mass is 9.97. The predicted molar refractivity (Wildman–Crippen MR) is 408 cm³/mol. The summed E-state index contributed by atoms with van der Waals surface area (Å²) >= 11 is 0. The average Bonchev–Trinajstić information content (AvgIpc) is 0.808. The Morgan fingerprint density at radius 3 is 1.14 bits per heavy atom. The molecule has 680 valence electrons. The van der Waals surface area contributed by atoms with Crippen molar-refractivity contribution in [2.24, 2.45) is 10.2 Å². The maximum absolute atomic E-state index is 13.9. The van der Waals surface area contributed by atoms with E-state index < -0.39 is 160 Å². The molecule has 2 aliphatic rings. The van der Waals surface area contributed by atoms with E-state index in [-0.39, 0.29) is 81.8 Å². The third kappa shape index (κ3) is 40.6. The minimum Gasteiger partial charge on any atom is -0.504 e. The number of anilines is 2. The summed E-state index contributed by atoms with van der Waals surface area (Å²) in [4.78, 5) is 76.0. The largest absolute Gasteiger partial charge is 0.504 e. The van der Waals surface area contributed by atoms with Crippen molar-refractivity contribution < 1.29 is 172 Å². The zero-order valence-electron chi connectivity index (χ0n) is 65.6. The Morgan fingerprint density at radius 1 is 0.450 bits per heavy atom. The Kier molecular flexibility index (Phi) is 48.8. The van der Waals surface area contributed by atoms with Crippen molar-refractivity contribution >= 4 is 44.6 Å². The van der Waals surface area contributed by atoms with E-state index in [1.807, 2.05) is 0 Å². The van der Waals surface area contributed by atoms with E-state index in [2.05, 4.69) is 51.8 Å². The van der Waals surface area contributed by atoms with E-state index in [1.165, 1.54) is 24.3 Å². The van der Waals surface area contributed by atoms with Gasteiger partial charge in [0.15, 0.2) is 23.0 Å². The van der Waals surface area contributed by atoms with Crippen molar-refractivity contribution in [1.82, 2.24) is 26.2 Å². The topological polar surface area (TPSA) is 605 Å². The second-order valence-electron chi connectivity index (χ2n) is 26.5. The molecule has 0 saturated carbocycles. The van der Waals surface area contributed by atoms with Gasteiger partial charge < -0.3 is 159 Å². The van der Waals surface area contributed by atoms with Gasteiger partial charge in [-0.3, -0.25) is 18.8 Å². The number of allylic oxidation sites excluding steroid dienone is 2. The molecule has 2 fully saturated rings. The highest BCUT2D eigenvalue weighted by molar-refractivity contribution is 7.52. The van der Waals surface area contributed by atoms with Gasteiger partial charge in [-0.25, -0.2) is 33.8 Å². The minimum absolute atomic E-state index is 0.00648. The summed E-state index contributed by atoms with van der Waals surface area (Å²) in [6, 6.07) is 6.35. The second kappa shape index (κ2) is 56.9. The summed E-state index contributed by atoms with van der Waals surface area (Å²) in [5.74, 6) is -15.9. The number of ether oxygens (including phenoxy) is 14. The normalized spacial score (nSPS) is 19.7. The van der Waals surface area contributed by atoms with Gasteiger partial charge in [0.1, 0.15) is 36.6 Å². The molecule has 0 radical (unpaired) electrons. The maximum atomic E-state index is 13.9. The number of amides is 4. The second-order valence-corrected chi connectivity index (χ2v) is 30.1. The van der Waals surface area contributed by atoms with Crippen LogP contribution in [0.2, 0.25) is 0 Å². The van der Waals surface area contributed by atoms with Crippen LogP contribution in [-0.4, -0.2) is 322 Å². The van der Waals surface area contributed by atoms with Crippen LogP contribution >= 0.6 is 15.2 Å². The molecule has 0 aliphatic carbocycles. The number of nitrogens with one attached hydrogen (secondary N) is 8.